The number of benzene rings is 1. The van der Waals surface area contributed by atoms with Gasteiger partial charge in [-0.2, -0.15) is 5.26 Å². The largest absolute Gasteiger partial charge is 0.494 e. The maximum absolute atomic E-state index is 10.5. The van der Waals surface area contributed by atoms with Gasteiger partial charge in [-0.1, -0.05) is 19.1 Å². The molecule has 1 aliphatic carbocycles. The Hall–Kier alpha value is -1.53. The fourth-order valence-corrected chi connectivity index (χ4v) is 2.97. The van der Waals surface area contributed by atoms with Crippen LogP contribution in [-0.4, -0.2) is 11.7 Å². The third-order valence-electron chi connectivity index (χ3n) is 4.05. The van der Waals surface area contributed by atoms with E-state index in [9.17, 15) is 10.4 Å². The fraction of sp³-hybridized carbons (Fsp3) is 0.562. The van der Waals surface area contributed by atoms with Crippen molar-refractivity contribution >= 4 is 0 Å². The van der Waals surface area contributed by atoms with Crippen molar-refractivity contribution in [3.63, 3.8) is 0 Å². The zero-order valence-electron chi connectivity index (χ0n) is 11.6. The Kier molecular flexibility index (Phi) is 4.11. The molecule has 3 heteroatoms. The van der Waals surface area contributed by atoms with Gasteiger partial charge < -0.3 is 9.84 Å². The SMILES string of the molecule is CCOc1ccc(C(O)C2(C#N)CCC(C)C2)cc1. The Labute approximate surface area is 114 Å². The number of hydrogen-bond donors (Lipinski definition) is 1. The first-order valence-corrected chi connectivity index (χ1v) is 6.93. The molecule has 3 nitrogen and oxygen atoms in total. The summed E-state index contributed by atoms with van der Waals surface area (Å²) in [5.41, 5.74) is 0.186. The maximum Gasteiger partial charge on any atom is 0.119 e. The van der Waals surface area contributed by atoms with Gasteiger partial charge >= 0.3 is 0 Å². The Morgan fingerprint density at radius 3 is 2.63 bits per heavy atom. The minimum Gasteiger partial charge on any atom is -0.494 e. The number of rotatable bonds is 4. The number of nitrogens with zero attached hydrogens (tertiary/aromatic N) is 1. The molecule has 1 aromatic carbocycles. The smallest absolute Gasteiger partial charge is 0.119 e. The van der Waals surface area contributed by atoms with Gasteiger partial charge in [0.1, 0.15) is 5.75 Å². The van der Waals surface area contributed by atoms with Gasteiger partial charge in [0.15, 0.2) is 0 Å². The average Bonchev–Trinajstić information content (AvgIpc) is 2.82. The van der Waals surface area contributed by atoms with Gasteiger partial charge in [-0.15, -0.1) is 0 Å². The molecule has 1 N–H and O–H groups in total. The normalized spacial score (nSPS) is 27.8. The molecule has 0 radical (unpaired) electrons. The summed E-state index contributed by atoms with van der Waals surface area (Å²) in [6, 6.07) is 9.79. The van der Waals surface area contributed by atoms with Crippen molar-refractivity contribution in [2.45, 2.75) is 39.2 Å². The van der Waals surface area contributed by atoms with Crippen molar-refractivity contribution in [3.05, 3.63) is 29.8 Å². The average molecular weight is 259 g/mol. The van der Waals surface area contributed by atoms with Gasteiger partial charge in [-0.3, -0.25) is 0 Å². The number of hydrogen-bond acceptors (Lipinski definition) is 3. The zero-order valence-corrected chi connectivity index (χ0v) is 11.6. The number of aliphatic hydroxyl groups excluding tert-OH is 1. The van der Waals surface area contributed by atoms with E-state index in [4.69, 9.17) is 4.74 Å². The molecule has 0 bridgehead atoms. The predicted octanol–water partition coefficient (Wildman–Crippen LogP) is 3.45. The lowest BCUT2D eigenvalue weighted by Gasteiger charge is -2.27. The third kappa shape index (κ3) is 2.74. The second-order valence-electron chi connectivity index (χ2n) is 5.52. The van der Waals surface area contributed by atoms with Gasteiger partial charge in [0.05, 0.1) is 24.2 Å². The maximum atomic E-state index is 10.5. The molecule has 1 saturated carbocycles. The van der Waals surface area contributed by atoms with E-state index in [1.807, 2.05) is 31.2 Å². The summed E-state index contributed by atoms with van der Waals surface area (Å²) in [4.78, 5) is 0. The first-order valence-electron chi connectivity index (χ1n) is 6.93. The predicted molar refractivity (Wildman–Crippen MR) is 73.6 cm³/mol. The molecule has 2 rings (SSSR count). The Balaban J connectivity index is 2.19. The van der Waals surface area contributed by atoms with Crippen LogP contribution in [0.3, 0.4) is 0 Å². The molecule has 3 unspecified atom stereocenters. The van der Waals surface area contributed by atoms with Crippen LogP contribution in [-0.2, 0) is 0 Å². The standard InChI is InChI=1S/C16H21NO2/c1-3-19-14-6-4-13(5-7-14)15(18)16(11-17)9-8-12(2)10-16/h4-7,12,15,18H,3,8-10H2,1-2H3. The quantitative estimate of drug-likeness (QED) is 0.901. The van der Waals surface area contributed by atoms with Crippen molar-refractivity contribution in [1.82, 2.24) is 0 Å². The Morgan fingerprint density at radius 1 is 1.47 bits per heavy atom. The first-order chi connectivity index (χ1) is 9.11. The van der Waals surface area contributed by atoms with Crippen LogP contribution in [0.15, 0.2) is 24.3 Å². The van der Waals surface area contributed by atoms with Crippen LogP contribution in [0, 0.1) is 22.7 Å². The van der Waals surface area contributed by atoms with E-state index in [2.05, 4.69) is 13.0 Å². The van der Waals surface area contributed by atoms with Crippen LogP contribution in [0.1, 0.15) is 44.8 Å². The second kappa shape index (κ2) is 5.63. The van der Waals surface area contributed by atoms with Crippen LogP contribution >= 0.6 is 0 Å². The second-order valence-corrected chi connectivity index (χ2v) is 5.52. The lowest BCUT2D eigenvalue weighted by Crippen LogP contribution is -2.24. The topological polar surface area (TPSA) is 53.2 Å². The van der Waals surface area contributed by atoms with E-state index in [1.54, 1.807) is 0 Å². The minimum absolute atomic E-state index is 0.511. The summed E-state index contributed by atoms with van der Waals surface area (Å²) < 4.78 is 5.39. The van der Waals surface area contributed by atoms with Crippen molar-refractivity contribution < 1.29 is 9.84 Å². The molecule has 102 valence electrons. The Morgan fingerprint density at radius 2 is 2.16 bits per heavy atom. The number of ether oxygens (including phenoxy) is 1. The lowest BCUT2D eigenvalue weighted by molar-refractivity contribution is 0.0647. The molecule has 1 aliphatic rings. The number of nitriles is 1. The van der Waals surface area contributed by atoms with Crippen molar-refractivity contribution in [2.24, 2.45) is 11.3 Å². The van der Waals surface area contributed by atoms with E-state index in [-0.39, 0.29) is 0 Å². The third-order valence-corrected chi connectivity index (χ3v) is 4.05. The summed E-state index contributed by atoms with van der Waals surface area (Å²) in [6.07, 6.45) is 1.86. The Bertz CT molecular complexity index is 463. The van der Waals surface area contributed by atoms with Crippen LogP contribution in [0.2, 0.25) is 0 Å². The van der Waals surface area contributed by atoms with Crippen molar-refractivity contribution in [3.8, 4) is 11.8 Å². The molecule has 0 amide bonds. The van der Waals surface area contributed by atoms with Crippen LogP contribution in [0.5, 0.6) is 5.75 Å². The summed E-state index contributed by atoms with van der Waals surface area (Å²) in [5, 5.41) is 20.0. The minimum atomic E-state index is -0.710. The molecule has 0 aromatic heterocycles. The summed E-state index contributed by atoms with van der Waals surface area (Å²) in [6.45, 7) is 4.71. The van der Waals surface area contributed by atoms with E-state index >= 15 is 0 Å². The van der Waals surface area contributed by atoms with Gasteiger partial charge in [0.2, 0.25) is 0 Å². The highest BCUT2D eigenvalue weighted by molar-refractivity contribution is 5.31. The van der Waals surface area contributed by atoms with Crippen molar-refractivity contribution in [2.75, 3.05) is 6.61 Å². The molecule has 3 atom stereocenters. The highest BCUT2D eigenvalue weighted by Crippen LogP contribution is 2.49. The molecule has 0 spiro atoms. The van der Waals surface area contributed by atoms with Gasteiger partial charge in [0.25, 0.3) is 0 Å². The highest BCUT2D eigenvalue weighted by atomic mass is 16.5. The molecule has 1 fully saturated rings. The van der Waals surface area contributed by atoms with E-state index in [0.29, 0.717) is 12.5 Å². The zero-order chi connectivity index (χ0) is 13.9. The molecule has 19 heavy (non-hydrogen) atoms. The molecule has 0 heterocycles. The van der Waals surface area contributed by atoms with Gasteiger partial charge in [-0.25, -0.2) is 0 Å². The van der Waals surface area contributed by atoms with E-state index in [1.165, 1.54) is 0 Å². The molecule has 0 aliphatic heterocycles. The van der Waals surface area contributed by atoms with Crippen LogP contribution < -0.4 is 4.74 Å². The summed E-state index contributed by atoms with van der Waals surface area (Å²) >= 11 is 0. The molecule has 0 saturated heterocycles. The van der Waals surface area contributed by atoms with Gasteiger partial charge in [0, 0.05) is 0 Å². The first kappa shape index (κ1) is 13.9. The van der Waals surface area contributed by atoms with Crippen LogP contribution in [0.4, 0.5) is 0 Å². The molecular formula is C16H21NO2. The molecule has 1 aromatic rings. The monoisotopic (exact) mass is 259 g/mol. The summed E-state index contributed by atoms with van der Waals surface area (Å²) in [5.74, 6) is 1.31. The van der Waals surface area contributed by atoms with Crippen molar-refractivity contribution in [1.29, 1.82) is 5.26 Å². The summed E-state index contributed by atoms with van der Waals surface area (Å²) in [7, 11) is 0. The highest BCUT2D eigenvalue weighted by Gasteiger charge is 2.44. The molecular weight excluding hydrogens is 238 g/mol. The fourth-order valence-electron chi connectivity index (χ4n) is 2.97. The number of aliphatic hydroxyl groups is 1. The van der Waals surface area contributed by atoms with E-state index < -0.39 is 11.5 Å². The van der Waals surface area contributed by atoms with Gasteiger partial charge in [-0.05, 0) is 49.8 Å². The van der Waals surface area contributed by atoms with E-state index in [0.717, 1.165) is 30.6 Å². The lowest BCUT2D eigenvalue weighted by atomic mass is 9.78. The van der Waals surface area contributed by atoms with Crippen LogP contribution in [0.25, 0.3) is 0 Å².